The number of halogens is 2. The van der Waals surface area contributed by atoms with Crippen LogP contribution in [0.15, 0.2) is 30.7 Å². The number of alkyl halides is 2. The molecule has 34 heavy (non-hydrogen) atoms. The summed E-state index contributed by atoms with van der Waals surface area (Å²) in [6, 6.07) is 3.23. The molecule has 3 N–H and O–H groups in total. The standard InChI is InChI=1S/C25H27F2N7/c1-24(6-9-28-10-7-24)34-23-20-17(14-3-4-14)12-29-13-18(20)31-22(33-23)15-5-8-30-21-16(15)11-19(32-21)25(2,26)27/h5,8,11-14,28H,3-4,6-7,9-10H2,1-2H3,(H,30,32)(H,31,33,34). The molecule has 0 unspecified atom stereocenters. The van der Waals surface area contributed by atoms with Crippen molar-refractivity contribution in [2.75, 3.05) is 18.4 Å². The van der Waals surface area contributed by atoms with E-state index in [1.54, 1.807) is 18.5 Å². The van der Waals surface area contributed by atoms with Gasteiger partial charge in [-0.3, -0.25) is 4.98 Å². The number of piperidine rings is 1. The summed E-state index contributed by atoms with van der Waals surface area (Å²) in [7, 11) is 0. The second-order valence-corrected chi connectivity index (χ2v) is 9.92. The molecule has 1 saturated carbocycles. The van der Waals surface area contributed by atoms with E-state index in [0.29, 0.717) is 28.3 Å². The number of hydrogen-bond donors (Lipinski definition) is 3. The van der Waals surface area contributed by atoms with Crippen molar-refractivity contribution in [3.63, 3.8) is 0 Å². The second-order valence-electron chi connectivity index (χ2n) is 9.92. The normalized spacial score (nSPS) is 18.5. The Morgan fingerprint density at radius 2 is 1.94 bits per heavy atom. The number of pyridine rings is 2. The molecule has 1 aliphatic carbocycles. The van der Waals surface area contributed by atoms with Crippen LogP contribution in [0.3, 0.4) is 0 Å². The van der Waals surface area contributed by atoms with Gasteiger partial charge in [0.25, 0.3) is 5.92 Å². The number of rotatable bonds is 5. The molecule has 1 aliphatic heterocycles. The van der Waals surface area contributed by atoms with Crippen molar-refractivity contribution in [3.05, 3.63) is 42.0 Å². The van der Waals surface area contributed by atoms with E-state index in [9.17, 15) is 8.78 Å². The van der Waals surface area contributed by atoms with E-state index in [1.165, 1.54) is 11.6 Å². The predicted octanol–water partition coefficient (Wildman–Crippen LogP) is 5.11. The maximum atomic E-state index is 14.0. The van der Waals surface area contributed by atoms with Gasteiger partial charge in [-0.15, -0.1) is 0 Å². The van der Waals surface area contributed by atoms with Gasteiger partial charge in [0, 0.05) is 41.2 Å². The first-order valence-electron chi connectivity index (χ1n) is 11.8. The largest absolute Gasteiger partial charge is 0.364 e. The molecule has 7 nitrogen and oxygen atoms in total. The van der Waals surface area contributed by atoms with Crippen molar-refractivity contribution in [2.45, 2.75) is 56.9 Å². The fourth-order valence-electron chi connectivity index (χ4n) is 4.87. The van der Waals surface area contributed by atoms with Gasteiger partial charge in [0.05, 0.1) is 17.4 Å². The van der Waals surface area contributed by atoms with E-state index in [1.807, 2.05) is 6.20 Å². The van der Waals surface area contributed by atoms with Gasteiger partial charge in [-0.05, 0) is 69.3 Å². The van der Waals surface area contributed by atoms with Crippen molar-refractivity contribution in [1.82, 2.24) is 30.2 Å². The highest BCUT2D eigenvalue weighted by Gasteiger charge is 2.32. The van der Waals surface area contributed by atoms with Gasteiger partial charge in [-0.25, -0.2) is 23.7 Å². The third-order valence-corrected chi connectivity index (χ3v) is 7.03. The molecule has 6 rings (SSSR count). The number of aromatic nitrogens is 5. The van der Waals surface area contributed by atoms with E-state index in [0.717, 1.165) is 62.4 Å². The van der Waals surface area contributed by atoms with Crippen LogP contribution < -0.4 is 10.6 Å². The molecule has 9 heteroatoms. The summed E-state index contributed by atoms with van der Waals surface area (Å²) in [6.07, 6.45) is 9.54. The number of fused-ring (bicyclic) bond motifs is 2. The van der Waals surface area contributed by atoms with Gasteiger partial charge in [0.1, 0.15) is 11.5 Å². The number of hydrogen-bond acceptors (Lipinski definition) is 6. The lowest BCUT2D eigenvalue weighted by Gasteiger charge is -2.36. The van der Waals surface area contributed by atoms with Gasteiger partial charge in [0.15, 0.2) is 5.82 Å². The summed E-state index contributed by atoms with van der Waals surface area (Å²) in [6.45, 7) is 4.99. The van der Waals surface area contributed by atoms with Gasteiger partial charge in [-0.2, -0.15) is 0 Å². The SMILES string of the molecule is CC1(Nc2nc(-c3ccnc4[nH]c(C(C)(F)F)cc34)nc3cncc(C4CC4)c23)CCNCC1. The molecule has 0 amide bonds. The van der Waals surface area contributed by atoms with Crippen molar-refractivity contribution in [2.24, 2.45) is 0 Å². The van der Waals surface area contributed by atoms with Crippen LogP contribution in [0, 0.1) is 0 Å². The zero-order chi connectivity index (χ0) is 23.5. The summed E-state index contributed by atoms with van der Waals surface area (Å²) in [5.74, 6) is -1.25. The zero-order valence-corrected chi connectivity index (χ0v) is 19.3. The van der Waals surface area contributed by atoms with Crippen LogP contribution in [0.25, 0.3) is 33.3 Å². The third-order valence-electron chi connectivity index (χ3n) is 7.03. The first-order chi connectivity index (χ1) is 16.3. The average Bonchev–Trinajstić information content (AvgIpc) is 3.55. The minimum atomic E-state index is -3.00. The fourth-order valence-corrected chi connectivity index (χ4v) is 4.87. The zero-order valence-electron chi connectivity index (χ0n) is 19.3. The van der Waals surface area contributed by atoms with Crippen LogP contribution in [-0.4, -0.2) is 43.5 Å². The summed E-state index contributed by atoms with van der Waals surface area (Å²) in [4.78, 5) is 21.3. The number of nitrogens with one attached hydrogen (secondary N) is 3. The Bertz CT molecular complexity index is 1380. The van der Waals surface area contributed by atoms with Crippen molar-refractivity contribution in [1.29, 1.82) is 0 Å². The Hall–Kier alpha value is -3.20. The van der Waals surface area contributed by atoms with E-state index in [4.69, 9.17) is 9.97 Å². The number of nitrogens with zero attached hydrogens (tertiary/aromatic N) is 4. The second kappa shape index (κ2) is 7.66. The Morgan fingerprint density at radius 3 is 2.68 bits per heavy atom. The van der Waals surface area contributed by atoms with Crippen LogP contribution in [0.5, 0.6) is 0 Å². The van der Waals surface area contributed by atoms with Crippen LogP contribution >= 0.6 is 0 Å². The van der Waals surface area contributed by atoms with E-state index < -0.39 is 5.92 Å². The van der Waals surface area contributed by atoms with E-state index in [2.05, 4.69) is 32.5 Å². The molecular formula is C25H27F2N7. The molecule has 0 aromatic carbocycles. The molecule has 4 aromatic rings. The number of aromatic amines is 1. The quantitative estimate of drug-likeness (QED) is 0.381. The molecule has 0 radical (unpaired) electrons. The molecule has 0 bridgehead atoms. The molecular weight excluding hydrogens is 436 g/mol. The number of H-pyrrole nitrogens is 1. The first-order valence-corrected chi connectivity index (χ1v) is 11.8. The highest BCUT2D eigenvalue weighted by Crippen LogP contribution is 2.45. The molecule has 1 saturated heterocycles. The lowest BCUT2D eigenvalue weighted by Crippen LogP contribution is -2.45. The minimum Gasteiger partial charge on any atom is -0.364 e. The van der Waals surface area contributed by atoms with Crippen LogP contribution in [0.1, 0.15) is 56.7 Å². The summed E-state index contributed by atoms with van der Waals surface area (Å²) in [5.41, 5.74) is 2.71. The predicted molar refractivity (Wildman–Crippen MR) is 128 cm³/mol. The highest BCUT2D eigenvalue weighted by atomic mass is 19.3. The van der Waals surface area contributed by atoms with Gasteiger partial charge >= 0.3 is 0 Å². The minimum absolute atomic E-state index is 0.104. The summed E-state index contributed by atoms with van der Waals surface area (Å²) in [5, 5.41) is 8.76. The summed E-state index contributed by atoms with van der Waals surface area (Å²) >= 11 is 0. The molecule has 0 atom stereocenters. The van der Waals surface area contributed by atoms with Crippen molar-refractivity contribution >= 4 is 27.8 Å². The Balaban J connectivity index is 1.55. The highest BCUT2D eigenvalue weighted by molar-refractivity contribution is 5.97. The Morgan fingerprint density at radius 1 is 1.15 bits per heavy atom. The lowest BCUT2D eigenvalue weighted by atomic mass is 9.90. The summed E-state index contributed by atoms with van der Waals surface area (Å²) < 4.78 is 28.0. The number of anilines is 1. The van der Waals surface area contributed by atoms with Crippen LogP contribution in [0.2, 0.25) is 0 Å². The van der Waals surface area contributed by atoms with E-state index >= 15 is 0 Å². The monoisotopic (exact) mass is 463 g/mol. The van der Waals surface area contributed by atoms with Gasteiger partial charge in [-0.1, -0.05) is 0 Å². The Kier molecular flexibility index (Phi) is 4.81. The smallest absolute Gasteiger partial charge is 0.284 e. The van der Waals surface area contributed by atoms with Crippen LogP contribution in [0.4, 0.5) is 14.6 Å². The maximum absolute atomic E-state index is 14.0. The molecule has 2 fully saturated rings. The third kappa shape index (κ3) is 3.77. The molecule has 4 aromatic heterocycles. The topological polar surface area (TPSA) is 91.4 Å². The molecule has 2 aliphatic rings. The fraction of sp³-hybridized carbons (Fsp3) is 0.440. The Labute approximate surface area is 195 Å². The van der Waals surface area contributed by atoms with Gasteiger partial charge < -0.3 is 15.6 Å². The first kappa shape index (κ1) is 21.3. The maximum Gasteiger partial charge on any atom is 0.284 e. The van der Waals surface area contributed by atoms with Crippen molar-refractivity contribution in [3.8, 4) is 11.4 Å². The molecule has 0 spiro atoms. The van der Waals surface area contributed by atoms with E-state index in [-0.39, 0.29) is 11.2 Å². The van der Waals surface area contributed by atoms with Gasteiger partial charge in [0.2, 0.25) is 0 Å². The lowest BCUT2D eigenvalue weighted by molar-refractivity contribution is 0.0135. The molecule has 176 valence electrons. The molecule has 5 heterocycles. The van der Waals surface area contributed by atoms with Crippen LogP contribution in [-0.2, 0) is 5.92 Å². The average molecular weight is 464 g/mol. The van der Waals surface area contributed by atoms with Crippen molar-refractivity contribution < 1.29 is 8.78 Å².